The van der Waals surface area contributed by atoms with Crippen molar-refractivity contribution in [2.75, 3.05) is 0 Å². The van der Waals surface area contributed by atoms with Crippen molar-refractivity contribution in [2.24, 2.45) is 0 Å². The predicted molar refractivity (Wildman–Crippen MR) is 167 cm³/mol. The molecule has 182 valence electrons. The van der Waals surface area contributed by atoms with Crippen molar-refractivity contribution in [2.45, 2.75) is 0 Å². The molecule has 8 rings (SSSR count). The van der Waals surface area contributed by atoms with Crippen LogP contribution in [0.4, 0.5) is 0 Å². The molecule has 39 heavy (non-hydrogen) atoms. The molecule has 0 spiro atoms. The molecule has 0 saturated carbocycles. The Morgan fingerprint density at radius 3 is 1.69 bits per heavy atom. The molecule has 0 aliphatic heterocycles. The summed E-state index contributed by atoms with van der Waals surface area (Å²) in [6.07, 6.45) is 0. The molecule has 7 aromatic carbocycles. The van der Waals surface area contributed by atoms with Crippen molar-refractivity contribution in [1.82, 2.24) is 4.57 Å². The quantitative estimate of drug-likeness (QED) is 0.230. The van der Waals surface area contributed by atoms with Crippen LogP contribution in [0.25, 0.3) is 71.3 Å². The van der Waals surface area contributed by atoms with Gasteiger partial charge in [0.1, 0.15) is 0 Å². The largest absolute Gasteiger partial charge is 0.309 e. The Labute approximate surface area is 227 Å². The smallest absolute Gasteiger partial charge is 0.0619 e. The minimum Gasteiger partial charge on any atom is -0.309 e. The third-order valence-corrected chi connectivity index (χ3v) is 7.93. The molecule has 1 heterocycles. The van der Waals surface area contributed by atoms with Crippen molar-refractivity contribution < 1.29 is 0 Å². The highest BCUT2D eigenvalue weighted by Gasteiger charge is 2.18. The lowest BCUT2D eigenvalue weighted by atomic mass is 9.93. The number of para-hydroxylation sites is 2. The summed E-state index contributed by atoms with van der Waals surface area (Å²) in [5.74, 6) is 0. The second-order valence-electron chi connectivity index (χ2n) is 10.2. The van der Waals surface area contributed by atoms with Gasteiger partial charge in [-0.25, -0.2) is 0 Å². The van der Waals surface area contributed by atoms with Gasteiger partial charge in [-0.3, -0.25) is 0 Å². The minimum atomic E-state index is 1.17. The summed E-state index contributed by atoms with van der Waals surface area (Å²) in [7, 11) is 0. The van der Waals surface area contributed by atoms with E-state index < -0.39 is 0 Å². The molecule has 0 saturated heterocycles. The fourth-order valence-corrected chi connectivity index (χ4v) is 6.06. The molecule has 0 radical (unpaired) electrons. The molecule has 0 bridgehead atoms. The van der Waals surface area contributed by atoms with E-state index in [0.717, 1.165) is 0 Å². The van der Waals surface area contributed by atoms with Crippen molar-refractivity contribution in [3.8, 4) is 27.9 Å². The Morgan fingerprint density at radius 2 is 0.949 bits per heavy atom. The summed E-state index contributed by atoms with van der Waals surface area (Å²) >= 11 is 0. The summed E-state index contributed by atoms with van der Waals surface area (Å²) in [5, 5.41) is 7.56. The summed E-state index contributed by atoms with van der Waals surface area (Å²) in [5.41, 5.74) is 8.55. The topological polar surface area (TPSA) is 4.93 Å². The number of aromatic nitrogens is 1. The fourth-order valence-electron chi connectivity index (χ4n) is 6.06. The molecule has 0 fully saturated rings. The highest BCUT2D eigenvalue weighted by Crippen LogP contribution is 2.42. The zero-order chi connectivity index (χ0) is 25.8. The maximum Gasteiger partial charge on any atom is 0.0619 e. The van der Waals surface area contributed by atoms with Gasteiger partial charge in [-0.2, -0.15) is 0 Å². The van der Waals surface area contributed by atoms with Crippen LogP contribution < -0.4 is 0 Å². The van der Waals surface area contributed by atoms with Crippen LogP contribution in [0.2, 0.25) is 0 Å². The van der Waals surface area contributed by atoms with E-state index in [4.69, 9.17) is 0 Å². The number of nitrogens with zero attached hydrogens (tertiary/aromatic N) is 1. The summed E-state index contributed by atoms with van der Waals surface area (Å²) in [6, 6.07) is 55.1. The van der Waals surface area contributed by atoms with Gasteiger partial charge >= 0.3 is 0 Å². The van der Waals surface area contributed by atoms with E-state index in [9.17, 15) is 0 Å². The third kappa shape index (κ3) is 3.55. The van der Waals surface area contributed by atoms with Crippen LogP contribution in [0.1, 0.15) is 0 Å². The standard InChI is InChI=1S/C38H25N/c1-2-14-33(15-3-1)39-37-17-9-8-16-34(37)36-25-32(30-20-18-26-10-4-6-12-28(26)22-30)24-35(38(36)39)31-21-19-27-11-5-7-13-29(27)23-31/h1-25H. The SMILES string of the molecule is c1ccc(-n2c3ccccc3c3cc(-c4ccc5ccccc5c4)cc(-c4ccc5ccccc5c4)c32)cc1. The van der Waals surface area contributed by atoms with Crippen LogP contribution in [0.15, 0.2) is 152 Å². The van der Waals surface area contributed by atoms with E-state index in [1.165, 1.54) is 71.3 Å². The maximum absolute atomic E-state index is 2.43. The van der Waals surface area contributed by atoms with Crippen LogP contribution in [-0.4, -0.2) is 4.57 Å². The fraction of sp³-hybridized carbons (Fsp3) is 0. The van der Waals surface area contributed by atoms with Gasteiger partial charge in [0.2, 0.25) is 0 Å². The van der Waals surface area contributed by atoms with Crippen LogP contribution in [-0.2, 0) is 0 Å². The molecule has 0 amide bonds. The van der Waals surface area contributed by atoms with E-state index in [2.05, 4.69) is 156 Å². The lowest BCUT2D eigenvalue weighted by Crippen LogP contribution is -1.95. The number of hydrogen-bond donors (Lipinski definition) is 0. The van der Waals surface area contributed by atoms with Gasteiger partial charge in [-0.15, -0.1) is 0 Å². The van der Waals surface area contributed by atoms with Crippen LogP contribution in [0, 0.1) is 0 Å². The van der Waals surface area contributed by atoms with Crippen molar-refractivity contribution in [3.05, 3.63) is 152 Å². The highest BCUT2D eigenvalue weighted by molar-refractivity contribution is 6.15. The van der Waals surface area contributed by atoms with Crippen molar-refractivity contribution in [1.29, 1.82) is 0 Å². The van der Waals surface area contributed by atoms with Gasteiger partial charge in [0.15, 0.2) is 0 Å². The van der Waals surface area contributed by atoms with E-state index in [-0.39, 0.29) is 0 Å². The summed E-state index contributed by atoms with van der Waals surface area (Å²) in [4.78, 5) is 0. The first kappa shape index (κ1) is 21.9. The molecule has 1 aromatic heterocycles. The van der Waals surface area contributed by atoms with Gasteiger partial charge in [-0.1, -0.05) is 109 Å². The Bertz CT molecular complexity index is 2170. The van der Waals surface area contributed by atoms with E-state index in [1.807, 2.05) is 0 Å². The Balaban J connectivity index is 1.51. The summed E-state index contributed by atoms with van der Waals surface area (Å²) in [6.45, 7) is 0. The molecule has 0 N–H and O–H groups in total. The second-order valence-corrected chi connectivity index (χ2v) is 10.2. The van der Waals surface area contributed by atoms with Crippen LogP contribution >= 0.6 is 0 Å². The number of fused-ring (bicyclic) bond motifs is 5. The highest BCUT2D eigenvalue weighted by atomic mass is 15.0. The zero-order valence-corrected chi connectivity index (χ0v) is 21.4. The van der Waals surface area contributed by atoms with E-state index in [1.54, 1.807) is 0 Å². The molecule has 1 heteroatoms. The summed E-state index contributed by atoms with van der Waals surface area (Å²) < 4.78 is 2.43. The molecule has 0 atom stereocenters. The predicted octanol–water partition coefficient (Wildman–Crippen LogP) is 10.4. The molecule has 8 aromatic rings. The average molecular weight is 496 g/mol. The number of rotatable bonds is 3. The first-order valence-corrected chi connectivity index (χ1v) is 13.4. The van der Waals surface area contributed by atoms with Gasteiger partial charge in [-0.05, 0) is 80.7 Å². The normalized spacial score (nSPS) is 11.6. The van der Waals surface area contributed by atoms with Gasteiger partial charge in [0.25, 0.3) is 0 Å². The van der Waals surface area contributed by atoms with Gasteiger partial charge < -0.3 is 4.57 Å². The van der Waals surface area contributed by atoms with Crippen LogP contribution in [0.3, 0.4) is 0 Å². The van der Waals surface area contributed by atoms with Gasteiger partial charge in [0.05, 0.1) is 11.0 Å². The Hall–Kier alpha value is -5.14. The minimum absolute atomic E-state index is 1.17. The Kier molecular flexibility index (Phi) is 4.89. The average Bonchev–Trinajstić information content (AvgIpc) is 3.35. The first-order chi connectivity index (χ1) is 19.3. The zero-order valence-electron chi connectivity index (χ0n) is 21.4. The van der Waals surface area contributed by atoms with Crippen LogP contribution in [0.5, 0.6) is 0 Å². The molecule has 1 nitrogen and oxygen atoms in total. The van der Waals surface area contributed by atoms with Crippen molar-refractivity contribution >= 4 is 43.4 Å². The maximum atomic E-state index is 2.43. The second kappa shape index (κ2) is 8.72. The number of benzene rings is 7. The monoisotopic (exact) mass is 495 g/mol. The third-order valence-electron chi connectivity index (χ3n) is 7.93. The lowest BCUT2D eigenvalue weighted by Gasteiger charge is -2.14. The molecular weight excluding hydrogens is 470 g/mol. The molecule has 0 aliphatic carbocycles. The van der Waals surface area contributed by atoms with Crippen molar-refractivity contribution in [3.63, 3.8) is 0 Å². The molecular formula is C38H25N. The van der Waals surface area contributed by atoms with E-state index >= 15 is 0 Å². The lowest BCUT2D eigenvalue weighted by molar-refractivity contribution is 1.18. The van der Waals surface area contributed by atoms with E-state index in [0.29, 0.717) is 0 Å². The number of hydrogen-bond acceptors (Lipinski definition) is 0. The molecule has 0 aliphatic rings. The Morgan fingerprint density at radius 1 is 0.359 bits per heavy atom. The molecule has 0 unspecified atom stereocenters. The van der Waals surface area contributed by atoms with Gasteiger partial charge in [0, 0.05) is 22.0 Å². The first-order valence-electron chi connectivity index (χ1n) is 13.4.